The lowest BCUT2D eigenvalue weighted by atomic mass is 9.96. The average Bonchev–Trinajstić information content (AvgIpc) is 3.84. The summed E-state index contributed by atoms with van der Waals surface area (Å²) in [7, 11) is 0. The van der Waals surface area contributed by atoms with Crippen molar-refractivity contribution >= 4 is 34.2 Å². The molecule has 10 rings (SSSR count). The lowest BCUT2D eigenvalue weighted by molar-refractivity contribution is 0.779. The Morgan fingerprint density at radius 1 is 0.415 bits per heavy atom. The molecule has 3 aromatic heterocycles. The van der Waals surface area contributed by atoms with Crippen LogP contribution in [0.15, 0.2) is 146 Å². The number of rotatable bonds is 4. The highest BCUT2D eigenvalue weighted by Crippen LogP contribution is 2.73. The molecule has 6 heteroatoms. The second kappa shape index (κ2) is 11.9. The van der Waals surface area contributed by atoms with Gasteiger partial charge in [0.2, 0.25) is 0 Å². The maximum atomic E-state index is 10.7. The van der Waals surface area contributed by atoms with E-state index in [4.69, 9.17) is 9.97 Å². The zero-order chi connectivity index (χ0) is 35.5. The molecule has 4 aromatic carbocycles. The van der Waals surface area contributed by atoms with Gasteiger partial charge >= 0.3 is 0 Å². The standard InChI is InChI=1S/C47H30N6/c48-27-47(28-49)43-44(47)46-42(32-19-11-4-12-20-32)38-26-24-36(52-38)40(30-15-7-2-8-16-30)34-22-21-33(50-34)39(29-13-5-1-6-14-29)35-23-25-37(51-35)41(45(43)53-46)31-17-9-3-10-18-31/h1-26,43-44,51-52H. The van der Waals surface area contributed by atoms with Crippen LogP contribution in [0.4, 0.5) is 0 Å². The van der Waals surface area contributed by atoms with Crippen LogP contribution in [0.2, 0.25) is 0 Å². The Hall–Kier alpha value is -7.28. The van der Waals surface area contributed by atoms with E-state index in [1.165, 1.54) is 0 Å². The molecule has 1 saturated carbocycles. The van der Waals surface area contributed by atoms with Crippen molar-refractivity contribution < 1.29 is 0 Å². The topological polar surface area (TPSA) is 105 Å². The molecule has 6 nitrogen and oxygen atoms in total. The highest BCUT2D eigenvalue weighted by molar-refractivity contribution is 5.97. The Morgan fingerprint density at radius 2 is 0.736 bits per heavy atom. The van der Waals surface area contributed by atoms with Crippen LogP contribution in [0.1, 0.15) is 34.6 Å². The molecule has 3 aliphatic rings. The summed E-state index contributed by atoms with van der Waals surface area (Å²) in [5, 5.41) is 21.5. The Balaban J connectivity index is 1.44. The van der Waals surface area contributed by atoms with Gasteiger partial charge in [-0.3, -0.25) is 4.98 Å². The summed E-state index contributed by atoms with van der Waals surface area (Å²) in [5.74, 6) is -0.803. The highest BCUT2D eigenvalue weighted by Gasteiger charge is 2.72. The number of H-pyrrole nitrogens is 2. The van der Waals surface area contributed by atoms with Crippen LogP contribution in [0.3, 0.4) is 0 Å². The van der Waals surface area contributed by atoms with Crippen LogP contribution < -0.4 is 0 Å². The molecule has 1 fully saturated rings. The highest BCUT2D eigenvalue weighted by atomic mass is 14.9. The first-order valence-electron chi connectivity index (χ1n) is 17.7. The molecule has 2 unspecified atom stereocenters. The van der Waals surface area contributed by atoms with Gasteiger partial charge in [0.25, 0.3) is 0 Å². The van der Waals surface area contributed by atoms with E-state index < -0.39 is 17.3 Å². The molecule has 0 radical (unpaired) electrons. The molecule has 2 N–H and O–H groups in total. The monoisotopic (exact) mass is 678 g/mol. The van der Waals surface area contributed by atoms with Crippen LogP contribution >= 0.6 is 0 Å². The first-order chi connectivity index (χ1) is 26.2. The first-order valence-corrected chi connectivity index (χ1v) is 17.7. The molecule has 0 saturated heterocycles. The third kappa shape index (κ3) is 4.70. The number of benzene rings is 4. The van der Waals surface area contributed by atoms with Gasteiger partial charge in [-0.2, -0.15) is 10.5 Å². The van der Waals surface area contributed by atoms with E-state index in [0.717, 1.165) is 89.4 Å². The van der Waals surface area contributed by atoms with Crippen molar-refractivity contribution in [3.05, 3.63) is 168 Å². The lowest BCUT2D eigenvalue weighted by Gasteiger charge is -2.11. The van der Waals surface area contributed by atoms with Gasteiger partial charge in [-0.05, 0) is 58.7 Å². The van der Waals surface area contributed by atoms with Crippen molar-refractivity contribution in [3.63, 3.8) is 0 Å². The fourth-order valence-electron chi connectivity index (χ4n) is 8.33. The third-order valence-electron chi connectivity index (χ3n) is 10.8. The fourth-order valence-corrected chi connectivity index (χ4v) is 8.33. The average molecular weight is 679 g/mol. The van der Waals surface area contributed by atoms with Gasteiger partial charge in [0.1, 0.15) is 0 Å². The van der Waals surface area contributed by atoms with Crippen molar-refractivity contribution in [1.29, 1.82) is 10.5 Å². The van der Waals surface area contributed by atoms with Crippen LogP contribution in [0.25, 0.3) is 78.7 Å². The first kappa shape index (κ1) is 30.5. The van der Waals surface area contributed by atoms with E-state index in [0.29, 0.717) is 0 Å². The number of fused-ring (bicyclic) bond motifs is 11. The number of nitrogens with one attached hydrogen (secondary N) is 2. The quantitative estimate of drug-likeness (QED) is 0.193. The van der Waals surface area contributed by atoms with Gasteiger partial charge in [-0.1, -0.05) is 121 Å². The SMILES string of the molecule is N#CC1(C#N)C2c3nc(c(-c4ccccc4)c4ccc([nH]4)c(-c4ccccc4)c4nc(c(-c5ccccc5)c5ccc([nH]5)c3-c3ccccc3)C=C4)C21. The number of aromatic amines is 2. The molecule has 0 spiro atoms. The molecule has 53 heavy (non-hydrogen) atoms. The van der Waals surface area contributed by atoms with E-state index >= 15 is 0 Å². The molecule has 7 aromatic rings. The van der Waals surface area contributed by atoms with Crippen molar-refractivity contribution in [2.75, 3.05) is 0 Å². The van der Waals surface area contributed by atoms with Gasteiger partial charge in [0, 0.05) is 56.2 Å². The third-order valence-corrected chi connectivity index (χ3v) is 10.8. The zero-order valence-electron chi connectivity index (χ0n) is 28.5. The van der Waals surface area contributed by atoms with Gasteiger partial charge < -0.3 is 9.97 Å². The van der Waals surface area contributed by atoms with Crippen LogP contribution in [0.5, 0.6) is 0 Å². The van der Waals surface area contributed by atoms with Crippen molar-refractivity contribution in [1.82, 2.24) is 19.9 Å². The molecule has 2 aliphatic heterocycles. The molecule has 2 atom stereocenters. The van der Waals surface area contributed by atoms with Crippen LogP contribution in [-0.4, -0.2) is 19.9 Å². The molecular formula is C47H30N6. The number of nitriles is 2. The Bertz CT molecular complexity index is 2660. The smallest absolute Gasteiger partial charge is 0.161 e. The summed E-state index contributed by atoms with van der Waals surface area (Å²) < 4.78 is 0. The fraction of sp³-hybridized carbons (Fsp3) is 0.0638. The summed E-state index contributed by atoms with van der Waals surface area (Å²) in [6.45, 7) is 0. The maximum absolute atomic E-state index is 10.7. The normalized spacial score (nSPS) is 16.3. The summed E-state index contributed by atoms with van der Waals surface area (Å²) in [6, 6.07) is 54.2. The van der Waals surface area contributed by atoms with E-state index in [1.54, 1.807) is 0 Å². The van der Waals surface area contributed by atoms with E-state index in [2.05, 4.69) is 107 Å². The maximum Gasteiger partial charge on any atom is 0.161 e. The van der Waals surface area contributed by atoms with E-state index in [1.807, 2.05) is 72.8 Å². The number of nitrogens with zero attached hydrogens (tertiary/aromatic N) is 4. The molecule has 0 amide bonds. The zero-order valence-corrected chi connectivity index (χ0v) is 28.5. The largest absolute Gasteiger partial charge is 0.354 e. The minimum atomic E-state index is -1.25. The lowest BCUT2D eigenvalue weighted by Crippen LogP contribution is -2.05. The van der Waals surface area contributed by atoms with Crippen molar-refractivity contribution in [2.24, 2.45) is 5.41 Å². The van der Waals surface area contributed by atoms with Gasteiger partial charge in [0.15, 0.2) is 5.41 Å². The Labute approximate surface area is 306 Å². The van der Waals surface area contributed by atoms with E-state index in [9.17, 15) is 10.5 Å². The van der Waals surface area contributed by atoms with Crippen molar-refractivity contribution in [3.8, 4) is 56.6 Å². The molecule has 5 heterocycles. The van der Waals surface area contributed by atoms with Gasteiger partial charge in [-0.25, -0.2) is 4.98 Å². The van der Waals surface area contributed by atoms with Crippen LogP contribution in [0, 0.1) is 28.1 Å². The molecule has 8 bridgehead atoms. The number of aromatic nitrogens is 4. The van der Waals surface area contributed by atoms with Gasteiger partial charge in [-0.15, -0.1) is 0 Å². The second-order valence-electron chi connectivity index (χ2n) is 13.7. The number of hydrogen-bond acceptors (Lipinski definition) is 4. The van der Waals surface area contributed by atoms with Gasteiger partial charge in [0.05, 0.1) is 34.9 Å². The summed E-state index contributed by atoms with van der Waals surface area (Å²) in [4.78, 5) is 18.4. The predicted molar refractivity (Wildman–Crippen MR) is 211 cm³/mol. The minimum Gasteiger partial charge on any atom is -0.354 e. The predicted octanol–water partition coefficient (Wildman–Crippen LogP) is 11.1. The molecule has 248 valence electrons. The van der Waals surface area contributed by atoms with Crippen molar-refractivity contribution in [2.45, 2.75) is 11.8 Å². The second-order valence-corrected chi connectivity index (χ2v) is 13.7. The Kier molecular flexibility index (Phi) is 6.86. The van der Waals surface area contributed by atoms with E-state index in [-0.39, 0.29) is 0 Å². The summed E-state index contributed by atoms with van der Waals surface area (Å²) in [5.41, 5.74) is 13.1. The molecular weight excluding hydrogens is 649 g/mol. The number of hydrogen-bond donors (Lipinski definition) is 2. The summed E-state index contributed by atoms with van der Waals surface area (Å²) >= 11 is 0. The Morgan fingerprint density at radius 3 is 1.08 bits per heavy atom. The minimum absolute atomic E-state index is 0.402. The molecule has 1 aliphatic carbocycles. The van der Waals surface area contributed by atoms with Crippen LogP contribution in [-0.2, 0) is 0 Å². The summed E-state index contributed by atoms with van der Waals surface area (Å²) in [6.07, 6.45) is 4.19.